The number of hydrogen-bond acceptors (Lipinski definition) is 5. The number of ether oxygens (including phenoxy) is 1. The number of hydrogen-bond donors (Lipinski definition) is 2. The van der Waals surface area contributed by atoms with Crippen molar-refractivity contribution in [1.82, 2.24) is 10.3 Å². The zero-order valence-corrected chi connectivity index (χ0v) is 14.2. The van der Waals surface area contributed by atoms with Crippen LogP contribution >= 0.6 is 0 Å². The van der Waals surface area contributed by atoms with Crippen LogP contribution in [0.1, 0.15) is 44.9 Å². The van der Waals surface area contributed by atoms with Crippen molar-refractivity contribution in [3.8, 4) is 0 Å². The van der Waals surface area contributed by atoms with Crippen LogP contribution in [0.3, 0.4) is 0 Å². The third-order valence-electron chi connectivity index (χ3n) is 3.25. The topological polar surface area (TPSA) is 97.4 Å². The molecular weight excluding hydrogens is 322 g/mol. The van der Waals surface area contributed by atoms with E-state index in [4.69, 9.17) is 0 Å². The highest BCUT2D eigenvalue weighted by molar-refractivity contribution is 6.06. The molecule has 7 nitrogen and oxygen atoms in total. The van der Waals surface area contributed by atoms with Crippen molar-refractivity contribution in [2.75, 3.05) is 12.4 Å². The van der Waals surface area contributed by atoms with E-state index in [0.29, 0.717) is 16.8 Å². The Labute approximate surface area is 145 Å². The van der Waals surface area contributed by atoms with Crippen molar-refractivity contribution in [3.05, 3.63) is 59.4 Å². The zero-order valence-electron chi connectivity index (χ0n) is 14.2. The molecule has 1 heterocycles. The third kappa shape index (κ3) is 4.87. The number of nitrogens with one attached hydrogen (secondary N) is 2. The molecule has 0 saturated heterocycles. The monoisotopic (exact) mass is 341 g/mol. The summed E-state index contributed by atoms with van der Waals surface area (Å²) in [5.41, 5.74) is 1.46. The normalized spacial score (nSPS) is 10.2. The first-order chi connectivity index (χ1) is 11.9. The molecule has 25 heavy (non-hydrogen) atoms. The molecule has 0 bridgehead atoms. The van der Waals surface area contributed by atoms with E-state index in [9.17, 15) is 14.4 Å². The van der Waals surface area contributed by atoms with Crippen LogP contribution in [0.2, 0.25) is 0 Å². The molecule has 1 aromatic heterocycles. The number of benzene rings is 1. The van der Waals surface area contributed by atoms with E-state index in [0.717, 1.165) is 0 Å². The fourth-order valence-electron chi connectivity index (χ4n) is 2.04. The third-order valence-corrected chi connectivity index (χ3v) is 3.25. The summed E-state index contributed by atoms with van der Waals surface area (Å²) in [5, 5.41) is 5.43. The van der Waals surface area contributed by atoms with E-state index in [1.54, 1.807) is 24.3 Å². The van der Waals surface area contributed by atoms with Gasteiger partial charge in [0.1, 0.15) is 0 Å². The largest absolute Gasteiger partial charge is 0.465 e. The van der Waals surface area contributed by atoms with Crippen LogP contribution in [-0.2, 0) is 4.74 Å². The van der Waals surface area contributed by atoms with Crippen molar-refractivity contribution in [1.29, 1.82) is 0 Å². The summed E-state index contributed by atoms with van der Waals surface area (Å²) in [7, 11) is 1.30. The van der Waals surface area contributed by atoms with Crippen LogP contribution in [0.5, 0.6) is 0 Å². The molecule has 2 rings (SSSR count). The van der Waals surface area contributed by atoms with Crippen LogP contribution in [0.25, 0.3) is 0 Å². The lowest BCUT2D eigenvalue weighted by Crippen LogP contribution is -2.30. The van der Waals surface area contributed by atoms with E-state index in [-0.39, 0.29) is 17.5 Å². The van der Waals surface area contributed by atoms with E-state index < -0.39 is 11.9 Å². The number of anilines is 1. The van der Waals surface area contributed by atoms with Gasteiger partial charge in [0.05, 0.1) is 23.8 Å². The van der Waals surface area contributed by atoms with Crippen LogP contribution in [-0.4, -0.2) is 35.9 Å². The van der Waals surface area contributed by atoms with E-state index in [1.807, 2.05) is 13.8 Å². The van der Waals surface area contributed by atoms with Gasteiger partial charge in [-0.25, -0.2) is 4.79 Å². The van der Waals surface area contributed by atoms with Crippen molar-refractivity contribution in [2.24, 2.45) is 0 Å². The highest BCUT2D eigenvalue weighted by Crippen LogP contribution is 2.12. The molecule has 130 valence electrons. The summed E-state index contributed by atoms with van der Waals surface area (Å²) in [6.07, 6.45) is 2.78. The smallest absolute Gasteiger partial charge is 0.337 e. The van der Waals surface area contributed by atoms with Crippen LogP contribution < -0.4 is 10.6 Å². The fourth-order valence-corrected chi connectivity index (χ4v) is 2.04. The van der Waals surface area contributed by atoms with Crippen LogP contribution in [0.15, 0.2) is 42.7 Å². The Morgan fingerprint density at radius 2 is 1.56 bits per heavy atom. The second-order valence-corrected chi connectivity index (χ2v) is 5.61. The number of esters is 1. The van der Waals surface area contributed by atoms with Gasteiger partial charge in [0, 0.05) is 24.1 Å². The molecule has 2 aromatic rings. The molecule has 0 aliphatic carbocycles. The lowest BCUT2D eigenvalue weighted by Gasteiger charge is -2.09. The predicted molar refractivity (Wildman–Crippen MR) is 92.6 cm³/mol. The highest BCUT2D eigenvalue weighted by atomic mass is 16.5. The molecule has 0 radical (unpaired) electrons. The maximum Gasteiger partial charge on any atom is 0.337 e. The zero-order chi connectivity index (χ0) is 18.4. The average Bonchev–Trinajstić information content (AvgIpc) is 2.61. The van der Waals surface area contributed by atoms with Crippen molar-refractivity contribution in [2.45, 2.75) is 19.9 Å². The first-order valence-corrected chi connectivity index (χ1v) is 7.66. The minimum atomic E-state index is -0.453. The van der Waals surface area contributed by atoms with Gasteiger partial charge in [-0.2, -0.15) is 0 Å². The molecule has 7 heteroatoms. The highest BCUT2D eigenvalue weighted by Gasteiger charge is 2.13. The molecule has 0 aliphatic rings. The Kier molecular flexibility index (Phi) is 5.84. The molecule has 1 aromatic carbocycles. The van der Waals surface area contributed by atoms with Gasteiger partial charge in [-0.3, -0.25) is 14.6 Å². The number of pyridine rings is 1. The first kappa shape index (κ1) is 18.1. The van der Waals surface area contributed by atoms with Gasteiger partial charge in [0.25, 0.3) is 11.8 Å². The number of carbonyl (C=O) groups excluding carboxylic acids is 3. The van der Waals surface area contributed by atoms with Crippen molar-refractivity contribution in [3.63, 3.8) is 0 Å². The Bertz CT molecular complexity index is 785. The quantitative estimate of drug-likeness (QED) is 0.813. The Morgan fingerprint density at radius 3 is 2.12 bits per heavy atom. The molecular formula is C18H19N3O4. The molecule has 0 spiro atoms. The molecule has 0 atom stereocenters. The summed E-state index contributed by atoms with van der Waals surface area (Å²) in [4.78, 5) is 39.6. The second kappa shape index (κ2) is 8.05. The Hall–Kier alpha value is -3.22. The maximum absolute atomic E-state index is 12.3. The van der Waals surface area contributed by atoms with Gasteiger partial charge in [-0.05, 0) is 44.2 Å². The van der Waals surface area contributed by atoms with E-state index >= 15 is 0 Å². The molecule has 0 aliphatic heterocycles. The SMILES string of the molecule is COC(=O)c1ccc(NC(=O)c2cncc(C(=O)NC(C)C)c2)cc1. The standard InChI is InChI=1S/C18H19N3O4/c1-11(2)20-16(22)13-8-14(10-19-9-13)17(23)21-15-6-4-12(5-7-15)18(24)25-3/h4-11H,1-3H3,(H,20,22)(H,21,23). The summed E-state index contributed by atoms with van der Waals surface area (Å²) >= 11 is 0. The van der Waals surface area contributed by atoms with Gasteiger partial charge in [0.15, 0.2) is 0 Å². The van der Waals surface area contributed by atoms with Gasteiger partial charge in [-0.15, -0.1) is 0 Å². The van der Waals surface area contributed by atoms with Gasteiger partial charge in [-0.1, -0.05) is 0 Å². The van der Waals surface area contributed by atoms with Crippen molar-refractivity contribution < 1.29 is 19.1 Å². The van der Waals surface area contributed by atoms with E-state index in [2.05, 4.69) is 20.4 Å². The number of methoxy groups -OCH3 is 1. The number of aromatic nitrogens is 1. The second-order valence-electron chi connectivity index (χ2n) is 5.61. The number of nitrogens with zero attached hydrogens (tertiary/aromatic N) is 1. The lowest BCUT2D eigenvalue weighted by atomic mass is 10.1. The molecule has 0 unspecified atom stereocenters. The maximum atomic E-state index is 12.3. The summed E-state index contributed by atoms with van der Waals surface area (Å²) in [6, 6.07) is 7.74. The summed E-state index contributed by atoms with van der Waals surface area (Å²) in [6.45, 7) is 3.69. The summed E-state index contributed by atoms with van der Waals surface area (Å²) < 4.78 is 4.62. The van der Waals surface area contributed by atoms with E-state index in [1.165, 1.54) is 25.6 Å². The molecule has 2 N–H and O–H groups in total. The van der Waals surface area contributed by atoms with Gasteiger partial charge >= 0.3 is 5.97 Å². The number of rotatable bonds is 5. The van der Waals surface area contributed by atoms with Gasteiger partial charge < -0.3 is 15.4 Å². The molecule has 0 saturated carbocycles. The summed E-state index contributed by atoms with van der Waals surface area (Å²) in [5.74, 6) is -1.15. The fraction of sp³-hybridized carbons (Fsp3) is 0.222. The van der Waals surface area contributed by atoms with Gasteiger partial charge in [0.2, 0.25) is 0 Å². The number of carbonyl (C=O) groups is 3. The van der Waals surface area contributed by atoms with Crippen LogP contribution in [0.4, 0.5) is 5.69 Å². The van der Waals surface area contributed by atoms with Crippen LogP contribution in [0, 0.1) is 0 Å². The minimum absolute atomic E-state index is 0.0155. The predicted octanol–water partition coefficient (Wildman–Crippen LogP) is 2.26. The minimum Gasteiger partial charge on any atom is -0.465 e. The number of amides is 2. The first-order valence-electron chi connectivity index (χ1n) is 7.66. The Morgan fingerprint density at radius 1 is 0.960 bits per heavy atom. The van der Waals surface area contributed by atoms with Crippen molar-refractivity contribution >= 4 is 23.5 Å². The average molecular weight is 341 g/mol. The lowest BCUT2D eigenvalue weighted by molar-refractivity contribution is 0.0600. The molecule has 0 fully saturated rings. The molecule has 2 amide bonds. The Balaban J connectivity index is 2.10.